The van der Waals surface area contributed by atoms with E-state index in [0.717, 1.165) is 48.2 Å². The van der Waals surface area contributed by atoms with Crippen LogP contribution in [0, 0.1) is 13.8 Å². The minimum atomic E-state index is -0.0743. The summed E-state index contributed by atoms with van der Waals surface area (Å²) in [5, 5.41) is 3.81. The van der Waals surface area contributed by atoms with Gasteiger partial charge in [-0.15, -0.1) is 0 Å². The Morgan fingerprint density at radius 1 is 1.26 bits per heavy atom. The van der Waals surface area contributed by atoms with Gasteiger partial charge in [0.15, 0.2) is 0 Å². The summed E-state index contributed by atoms with van der Waals surface area (Å²) in [5.41, 5.74) is 3.99. The number of pyridine rings is 1. The topological polar surface area (TPSA) is 94.2 Å². The van der Waals surface area contributed by atoms with Crippen molar-refractivity contribution in [2.45, 2.75) is 52.0 Å². The van der Waals surface area contributed by atoms with E-state index >= 15 is 0 Å². The molecule has 1 fully saturated rings. The van der Waals surface area contributed by atoms with Gasteiger partial charge >= 0.3 is 0 Å². The summed E-state index contributed by atoms with van der Waals surface area (Å²) in [6, 6.07) is 3.63. The van der Waals surface area contributed by atoms with Crippen molar-refractivity contribution in [3.05, 3.63) is 53.6 Å². The fraction of sp³-hybridized carbons (Fsp3) is 0.435. The number of ether oxygens (including phenoxy) is 1. The third-order valence-corrected chi connectivity index (χ3v) is 5.72. The Balaban J connectivity index is 1.60. The van der Waals surface area contributed by atoms with Gasteiger partial charge in [0, 0.05) is 49.6 Å². The molecule has 1 saturated heterocycles. The van der Waals surface area contributed by atoms with Crippen LogP contribution in [0.4, 0.5) is 0 Å². The van der Waals surface area contributed by atoms with Crippen molar-refractivity contribution in [2.75, 3.05) is 13.7 Å². The van der Waals surface area contributed by atoms with E-state index in [0.29, 0.717) is 30.3 Å². The molecule has 1 amide bonds. The predicted octanol–water partition coefficient (Wildman–Crippen LogP) is 3.84. The Morgan fingerprint density at radius 3 is 2.90 bits per heavy atom. The van der Waals surface area contributed by atoms with Gasteiger partial charge in [0.2, 0.25) is 5.91 Å². The number of carbonyl (C=O) groups is 1. The van der Waals surface area contributed by atoms with E-state index < -0.39 is 0 Å². The lowest BCUT2D eigenvalue weighted by Gasteiger charge is -2.36. The van der Waals surface area contributed by atoms with Crippen molar-refractivity contribution in [3.8, 4) is 17.0 Å². The molecule has 3 aromatic heterocycles. The largest absolute Gasteiger partial charge is 0.479 e. The molecular weight excluding hydrogens is 394 g/mol. The van der Waals surface area contributed by atoms with Crippen LogP contribution in [0.25, 0.3) is 11.1 Å². The number of likely N-dealkylation sites (tertiary alicyclic amines) is 1. The van der Waals surface area contributed by atoms with E-state index in [4.69, 9.17) is 14.2 Å². The third-order valence-electron chi connectivity index (χ3n) is 5.72. The van der Waals surface area contributed by atoms with Gasteiger partial charge in [-0.2, -0.15) is 0 Å². The molecule has 0 aromatic carbocycles. The highest BCUT2D eigenvalue weighted by atomic mass is 16.5. The molecule has 31 heavy (non-hydrogen) atoms. The number of aromatic nitrogens is 4. The smallest absolute Gasteiger partial charge is 0.254 e. The van der Waals surface area contributed by atoms with Gasteiger partial charge in [0.05, 0.1) is 18.8 Å². The van der Waals surface area contributed by atoms with E-state index in [1.54, 1.807) is 12.3 Å². The molecule has 162 valence electrons. The highest BCUT2D eigenvalue weighted by molar-refractivity contribution is 5.78. The van der Waals surface area contributed by atoms with Crippen LogP contribution in [0.3, 0.4) is 0 Å². The maximum Gasteiger partial charge on any atom is 0.254 e. The van der Waals surface area contributed by atoms with Gasteiger partial charge in [-0.3, -0.25) is 9.78 Å². The third kappa shape index (κ3) is 4.57. The standard InChI is InChI=1S/C23H27N5O3/c1-15-13-24-10-9-18(15)19-14-25-16(2)26-23(19)20-6-4-5-11-28(20)22(29)8-7-17-12-21(30-3)27-31-17/h9-10,12-14,20H,4-8,11H2,1-3H3/t20-/m1/s1. The number of carbonyl (C=O) groups excluding carboxylic acids is 1. The zero-order chi connectivity index (χ0) is 21.8. The molecule has 1 atom stereocenters. The first-order chi connectivity index (χ1) is 15.1. The second kappa shape index (κ2) is 9.24. The van der Waals surface area contributed by atoms with Crippen LogP contribution in [-0.4, -0.2) is 44.6 Å². The molecule has 0 saturated carbocycles. The average Bonchev–Trinajstić information content (AvgIpc) is 3.26. The summed E-state index contributed by atoms with van der Waals surface area (Å²) >= 11 is 0. The normalized spacial score (nSPS) is 16.4. The molecule has 8 nitrogen and oxygen atoms in total. The summed E-state index contributed by atoms with van der Waals surface area (Å²) in [5.74, 6) is 1.86. The zero-order valence-electron chi connectivity index (χ0n) is 18.2. The van der Waals surface area contributed by atoms with Crippen molar-refractivity contribution in [1.29, 1.82) is 0 Å². The lowest BCUT2D eigenvalue weighted by Crippen LogP contribution is -2.39. The fourth-order valence-electron chi connectivity index (χ4n) is 4.12. The quantitative estimate of drug-likeness (QED) is 0.597. The van der Waals surface area contributed by atoms with E-state index in [1.165, 1.54) is 7.11 Å². The van der Waals surface area contributed by atoms with Crippen molar-refractivity contribution >= 4 is 5.91 Å². The van der Waals surface area contributed by atoms with Crippen LogP contribution < -0.4 is 4.74 Å². The van der Waals surface area contributed by atoms with Gasteiger partial charge in [0.1, 0.15) is 11.6 Å². The van der Waals surface area contributed by atoms with Gasteiger partial charge in [-0.25, -0.2) is 9.97 Å². The van der Waals surface area contributed by atoms with Gasteiger partial charge in [0.25, 0.3) is 5.88 Å². The number of hydrogen-bond donors (Lipinski definition) is 0. The molecule has 4 rings (SSSR count). The molecule has 0 aliphatic carbocycles. The Bertz CT molecular complexity index is 1060. The summed E-state index contributed by atoms with van der Waals surface area (Å²) in [6.07, 6.45) is 9.26. The van der Waals surface area contributed by atoms with Gasteiger partial charge in [-0.05, 0) is 55.5 Å². The Kier molecular flexibility index (Phi) is 6.25. The summed E-state index contributed by atoms with van der Waals surface area (Å²) in [6.45, 7) is 4.64. The number of amides is 1. The number of methoxy groups -OCH3 is 1. The van der Waals surface area contributed by atoms with E-state index in [2.05, 4.69) is 15.1 Å². The number of aryl methyl sites for hydroxylation is 3. The Labute approximate surface area is 181 Å². The van der Waals surface area contributed by atoms with E-state index in [9.17, 15) is 4.79 Å². The van der Waals surface area contributed by atoms with Crippen LogP contribution >= 0.6 is 0 Å². The second-order valence-corrected chi connectivity index (χ2v) is 7.84. The predicted molar refractivity (Wildman–Crippen MR) is 114 cm³/mol. The van der Waals surface area contributed by atoms with Crippen LogP contribution in [0.15, 0.2) is 35.2 Å². The van der Waals surface area contributed by atoms with E-state index in [-0.39, 0.29) is 11.9 Å². The molecule has 1 aliphatic rings. The van der Waals surface area contributed by atoms with Crippen LogP contribution in [0.2, 0.25) is 0 Å². The first kappa shape index (κ1) is 21.0. The highest BCUT2D eigenvalue weighted by Crippen LogP contribution is 2.36. The monoisotopic (exact) mass is 421 g/mol. The summed E-state index contributed by atoms with van der Waals surface area (Å²) in [7, 11) is 1.54. The molecule has 3 aromatic rings. The molecule has 1 aliphatic heterocycles. The SMILES string of the molecule is COc1cc(CCC(=O)N2CCCC[C@@H]2c2nc(C)ncc2-c2ccncc2C)on1. The zero-order valence-corrected chi connectivity index (χ0v) is 18.2. The minimum Gasteiger partial charge on any atom is -0.479 e. The van der Waals surface area contributed by atoms with Crippen molar-refractivity contribution in [2.24, 2.45) is 0 Å². The number of piperidine rings is 1. The van der Waals surface area contributed by atoms with Crippen LogP contribution in [0.5, 0.6) is 5.88 Å². The summed E-state index contributed by atoms with van der Waals surface area (Å²) < 4.78 is 10.3. The van der Waals surface area contributed by atoms with Crippen molar-refractivity contribution < 1.29 is 14.1 Å². The van der Waals surface area contributed by atoms with Crippen molar-refractivity contribution in [3.63, 3.8) is 0 Å². The second-order valence-electron chi connectivity index (χ2n) is 7.84. The van der Waals surface area contributed by atoms with Gasteiger partial charge < -0.3 is 14.2 Å². The molecule has 0 bridgehead atoms. The minimum absolute atomic E-state index is 0.0743. The maximum atomic E-state index is 13.2. The van der Waals surface area contributed by atoms with Crippen LogP contribution in [-0.2, 0) is 11.2 Å². The summed E-state index contributed by atoms with van der Waals surface area (Å²) in [4.78, 5) is 28.6. The van der Waals surface area contributed by atoms with Crippen molar-refractivity contribution in [1.82, 2.24) is 25.0 Å². The molecule has 0 unspecified atom stereocenters. The van der Waals surface area contributed by atoms with E-state index in [1.807, 2.05) is 37.2 Å². The van der Waals surface area contributed by atoms with Gasteiger partial charge in [-0.1, -0.05) is 0 Å². The van der Waals surface area contributed by atoms with Crippen LogP contribution in [0.1, 0.15) is 54.6 Å². The number of rotatable bonds is 6. The maximum absolute atomic E-state index is 13.2. The lowest BCUT2D eigenvalue weighted by atomic mass is 9.92. The molecule has 0 N–H and O–H groups in total. The Morgan fingerprint density at radius 2 is 2.13 bits per heavy atom. The molecule has 8 heteroatoms. The first-order valence-electron chi connectivity index (χ1n) is 10.6. The molecule has 0 radical (unpaired) electrons. The average molecular weight is 422 g/mol. The molecule has 4 heterocycles. The number of hydrogen-bond acceptors (Lipinski definition) is 7. The molecular formula is C23H27N5O3. The molecule has 0 spiro atoms. The Hall–Kier alpha value is -3.29. The first-order valence-corrected chi connectivity index (χ1v) is 10.6. The number of nitrogens with zero attached hydrogens (tertiary/aromatic N) is 5. The fourth-order valence-corrected chi connectivity index (χ4v) is 4.12. The highest BCUT2D eigenvalue weighted by Gasteiger charge is 2.31. The lowest BCUT2D eigenvalue weighted by molar-refractivity contribution is -0.135.